The van der Waals surface area contributed by atoms with E-state index in [0.717, 1.165) is 0 Å². The molecular formula is C12H13ClO4. The molecule has 92 valence electrons. The van der Waals surface area contributed by atoms with Crippen molar-refractivity contribution in [2.45, 2.75) is 13.8 Å². The molecule has 0 saturated heterocycles. The molecule has 0 radical (unpaired) electrons. The summed E-state index contributed by atoms with van der Waals surface area (Å²) in [7, 11) is 0. The maximum absolute atomic E-state index is 11.4. The molecule has 0 spiro atoms. The summed E-state index contributed by atoms with van der Waals surface area (Å²) < 4.78 is 5.38. The summed E-state index contributed by atoms with van der Waals surface area (Å²) in [5, 5.41) is 8.98. The minimum atomic E-state index is -1.53. The number of ether oxygens (including phenoxy) is 1. The first-order chi connectivity index (χ1) is 7.91. The Bertz CT molecular complexity index is 440. The number of Topliss-reactive ketones (excluding diaryl/α,β-unsaturated/α-hetero) is 1. The Hall–Kier alpha value is -1.55. The van der Waals surface area contributed by atoms with Gasteiger partial charge in [0.05, 0.1) is 12.2 Å². The van der Waals surface area contributed by atoms with Crippen LogP contribution in [0.4, 0.5) is 0 Å². The van der Waals surface area contributed by atoms with Crippen LogP contribution < -0.4 is 4.74 Å². The van der Waals surface area contributed by atoms with Crippen molar-refractivity contribution < 1.29 is 19.4 Å². The Balaban J connectivity index is 3.03. The summed E-state index contributed by atoms with van der Waals surface area (Å²) in [6.45, 7) is 4.31. The van der Waals surface area contributed by atoms with Gasteiger partial charge in [-0.1, -0.05) is 25.4 Å². The topological polar surface area (TPSA) is 63.6 Å². The van der Waals surface area contributed by atoms with Gasteiger partial charge in [0.25, 0.3) is 5.78 Å². The zero-order valence-corrected chi connectivity index (χ0v) is 10.3. The van der Waals surface area contributed by atoms with Gasteiger partial charge < -0.3 is 9.84 Å². The molecule has 0 aliphatic carbocycles. The Labute approximate surface area is 104 Å². The Morgan fingerprint density at radius 1 is 1.41 bits per heavy atom. The van der Waals surface area contributed by atoms with Gasteiger partial charge in [-0.05, 0) is 24.1 Å². The number of carboxylic acid groups (broad SMARTS) is 1. The van der Waals surface area contributed by atoms with Gasteiger partial charge in [-0.2, -0.15) is 0 Å². The molecule has 5 heteroatoms. The van der Waals surface area contributed by atoms with Crippen molar-refractivity contribution in [2.24, 2.45) is 5.92 Å². The zero-order valence-electron chi connectivity index (χ0n) is 9.57. The predicted molar refractivity (Wildman–Crippen MR) is 63.8 cm³/mol. The number of aliphatic carboxylic acids is 1. The van der Waals surface area contributed by atoms with Gasteiger partial charge in [-0.25, -0.2) is 4.79 Å². The predicted octanol–water partition coefficient (Wildman–Crippen LogP) is 2.64. The van der Waals surface area contributed by atoms with Crippen LogP contribution in [0.25, 0.3) is 0 Å². The van der Waals surface area contributed by atoms with E-state index in [1.807, 2.05) is 13.8 Å². The van der Waals surface area contributed by atoms with Crippen LogP contribution in [0.1, 0.15) is 24.2 Å². The van der Waals surface area contributed by atoms with Crippen LogP contribution in [0.5, 0.6) is 5.75 Å². The van der Waals surface area contributed by atoms with Crippen molar-refractivity contribution in [3.05, 3.63) is 28.8 Å². The van der Waals surface area contributed by atoms with Gasteiger partial charge in [0.15, 0.2) is 0 Å². The lowest BCUT2D eigenvalue weighted by Crippen LogP contribution is -2.15. The van der Waals surface area contributed by atoms with Crippen molar-refractivity contribution in [1.29, 1.82) is 0 Å². The summed E-state index contributed by atoms with van der Waals surface area (Å²) in [5.41, 5.74) is -0.0225. The largest absolute Gasteiger partial charge is 0.493 e. The Morgan fingerprint density at radius 3 is 2.59 bits per heavy atom. The van der Waals surface area contributed by atoms with Crippen molar-refractivity contribution in [3.8, 4) is 5.75 Å². The number of benzene rings is 1. The van der Waals surface area contributed by atoms with E-state index in [-0.39, 0.29) is 17.2 Å². The molecule has 0 heterocycles. The molecule has 17 heavy (non-hydrogen) atoms. The highest BCUT2D eigenvalue weighted by Crippen LogP contribution is 2.24. The molecule has 1 aromatic rings. The Kier molecular flexibility index (Phi) is 4.52. The fourth-order valence-electron chi connectivity index (χ4n) is 1.18. The average molecular weight is 257 g/mol. The molecule has 1 N–H and O–H groups in total. The molecule has 1 rings (SSSR count). The fraction of sp³-hybridized carbons (Fsp3) is 0.333. The quantitative estimate of drug-likeness (QED) is 0.650. The number of carbonyl (C=O) groups excluding carboxylic acids is 1. The van der Waals surface area contributed by atoms with Crippen molar-refractivity contribution >= 4 is 23.4 Å². The molecule has 0 fully saturated rings. The molecule has 0 saturated carbocycles. The van der Waals surface area contributed by atoms with E-state index in [4.69, 9.17) is 21.4 Å². The number of carboxylic acids is 1. The first kappa shape index (κ1) is 13.5. The van der Waals surface area contributed by atoms with Gasteiger partial charge >= 0.3 is 5.97 Å². The lowest BCUT2D eigenvalue weighted by Gasteiger charge is -2.11. The summed E-state index contributed by atoms with van der Waals surface area (Å²) in [5.74, 6) is -2.03. The Morgan fingerprint density at radius 2 is 2.06 bits per heavy atom. The molecule has 0 aromatic heterocycles. The number of carbonyl (C=O) groups is 2. The second-order valence-electron chi connectivity index (χ2n) is 3.98. The maximum Gasteiger partial charge on any atom is 0.377 e. The summed E-state index contributed by atoms with van der Waals surface area (Å²) in [4.78, 5) is 22.1. The van der Waals surface area contributed by atoms with Crippen molar-refractivity contribution in [2.75, 3.05) is 6.61 Å². The summed E-state index contributed by atoms with van der Waals surface area (Å²) in [6, 6.07) is 4.35. The third-order valence-corrected chi connectivity index (χ3v) is 2.19. The molecule has 0 bridgehead atoms. The second kappa shape index (κ2) is 5.68. The highest BCUT2D eigenvalue weighted by molar-refractivity contribution is 6.41. The molecule has 1 aromatic carbocycles. The minimum absolute atomic E-state index is 0.0225. The van der Waals surface area contributed by atoms with Crippen LogP contribution in [-0.4, -0.2) is 23.5 Å². The van der Waals surface area contributed by atoms with E-state index in [0.29, 0.717) is 11.6 Å². The summed E-state index contributed by atoms with van der Waals surface area (Å²) in [6.07, 6.45) is 0. The maximum atomic E-state index is 11.4. The fourth-order valence-corrected chi connectivity index (χ4v) is 1.35. The highest BCUT2D eigenvalue weighted by atomic mass is 35.5. The van der Waals surface area contributed by atoms with Gasteiger partial charge in [0.1, 0.15) is 5.75 Å². The third kappa shape index (κ3) is 3.75. The zero-order chi connectivity index (χ0) is 13.0. The number of rotatable bonds is 5. The normalized spacial score (nSPS) is 10.4. The average Bonchev–Trinajstić information content (AvgIpc) is 2.26. The standard InChI is InChI=1S/C12H13ClO4/c1-7(2)6-17-10-4-3-8(13)5-9(10)11(14)12(15)16/h3-5,7H,6H2,1-2H3,(H,15,16). The van der Waals surface area contributed by atoms with E-state index < -0.39 is 11.8 Å². The van der Waals surface area contributed by atoms with E-state index in [1.165, 1.54) is 12.1 Å². The smallest absolute Gasteiger partial charge is 0.377 e. The van der Waals surface area contributed by atoms with E-state index in [2.05, 4.69) is 0 Å². The number of halogens is 1. The molecule has 4 nitrogen and oxygen atoms in total. The molecule has 0 aliphatic rings. The second-order valence-corrected chi connectivity index (χ2v) is 4.42. The van der Waals surface area contributed by atoms with Gasteiger partial charge in [-0.15, -0.1) is 0 Å². The molecular weight excluding hydrogens is 244 g/mol. The molecule has 0 atom stereocenters. The van der Waals surface area contributed by atoms with Crippen LogP contribution in [0.15, 0.2) is 18.2 Å². The first-order valence-electron chi connectivity index (χ1n) is 5.11. The van der Waals surface area contributed by atoms with Crippen molar-refractivity contribution in [1.82, 2.24) is 0 Å². The van der Waals surface area contributed by atoms with Gasteiger partial charge in [0.2, 0.25) is 0 Å². The van der Waals surface area contributed by atoms with Gasteiger partial charge in [-0.3, -0.25) is 4.79 Å². The lowest BCUT2D eigenvalue weighted by atomic mass is 10.1. The number of hydrogen-bond acceptors (Lipinski definition) is 3. The molecule has 0 aliphatic heterocycles. The van der Waals surface area contributed by atoms with Crippen LogP contribution in [0.3, 0.4) is 0 Å². The van der Waals surface area contributed by atoms with Crippen LogP contribution in [0.2, 0.25) is 5.02 Å². The SMILES string of the molecule is CC(C)COc1ccc(Cl)cc1C(=O)C(=O)O. The van der Waals surface area contributed by atoms with Crippen molar-refractivity contribution in [3.63, 3.8) is 0 Å². The first-order valence-corrected chi connectivity index (χ1v) is 5.49. The molecule has 0 unspecified atom stereocenters. The third-order valence-electron chi connectivity index (χ3n) is 1.95. The highest BCUT2D eigenvalue weighted by Gasteiger charge is 2.20. The molecule has 0 amide bonds. The monoisotopic (exact) mass is 256 g/mol. The van der Waals surface area contributed by atoms with Crippen LogP contribution in [0, 0.1) is 5.92 Å². The van der Waals surface area contributed by atoms with Gasteiger partial charge in [0, 0.05) is 5.02 Å². The minimum Gasteiger partial charge on any atom is -0.493 e. The van der Waals surface area contributed by atoms with E-state index in [1.54, 1.807) is 6.07 Å². The van der Waals surface area contributed by atoms with Crippen LogP contribution >= 0.6 is 11.6 Å². The lowest BCUT2D eigenvalue weighted by molar-refractivity contribution is -0.131. The van der Waals surface area contributed by atoms with E-state index >= 15 is 0 Å². The van der Waals surface area contributed by atoms with E-state index in [9.17, 15) is 9.59 Å². The van der Waals surface area contributed by atoms with Crippen LogP contribution in [-0.2, 0) is 4.79 Å². The number of ketones is 1. The summed E-state index contributed by atoms with van der Waals surface area (Å²) >= 11 is 5.73. The number of hydrogen-bond donors (Lipinski definition) is 1.